The Kier molecular flexibility index (Phi) is 3.95. The van der Waals surface area contributed by atoms with E-state index in [1.165, 1.54) is 5.56 Å². The first kappa shape index (κ1) is 12.3. The monoisotopic (exact) mass is 231 g/mol. The number of rotatable bonds is 6. The van der Waals surface area contributed by atoms with Gasteiger partial charge < -0.3 is 5.32 Å². The summed E-state index contributed by atoms with van der Waals surface area (Å²) >= 11 is 0. The molecule has 3 unspecified atom stereocenters. The Bertz CT molecular complexity index is 374. The highest BCUT2D eigenvalue weighted by Crippen LogP contribution is 2.48. The molecule has 0 saturated heterocycles. The van der Waals surface area contributed by atoms with E-state index in [0.29, 0.717) is 24.2 Å². The van der Waals surface area contributed by atoms with Crippen LogP contribution >= 0.6 is 0 Å². The van der Waals surface area contributed by atoms with Crippen LogP contribution in [0.1, 0.15) is 38.2 Å². The molecule has 0 amide bonds. The molecule has 1 aromatic rings. The Balaban J connectivity index is 1.84. The zero-order chi connectivity index (χ0) is 12.3. The fourth-order valence-electron chi connectivity index (χ4n) is 2.49. The molecular formula is C15H21NO. The van der Waals surface area contributed by atoms with Gasteiger partial charge in [0.05, 0.1) is 0 Å². The largest absolute Gasteiger partial charge is 0.314 e. The maximum absolute atomic E-state index is 12.0. The van der Waals surface area contributed by atoms with E-state index < -0.39 is 0 Å². The molecule has 0 bridgehead atoms. The molecule has 1 aromatic carbocycles. The number of hydrogen-bond acceptors (Lipinski definition) is 2. The van der Waals surface area contributed by atoms with Gasteiger partial charge >= 0.3 is 0 Å². The van der Waals surface area contributed by atoms with Crippen LogP contribution in [0.5, 0.6) is 0 Å². The molecule has 1 saturated carbocycles. The topological polar surface area (TPSA) is 29.1 Å². The fraction of sp³-hybridized carbons (Fsp3) is 0.533. The van der Waals surface area contributed by atoms with Crippen molar-refractivity contribution < 1.29 is 4.79 Å². The number of carbonyl (C=O) groups is 1. The van der Waals surface area contributed by atoms with Crippen LogP contribution in [-0.2, 0) is 4.79 Å². The molecule has 2 rings (SSSR count). The van der Waals surface area contributed by atoms with Gasteiger partial charge in [0.2, 0.25) is 0 Å². The van der Waals surface area contributed by atoms with Crippen molar-refractivity contribution in [3.63, 3.8) is 0 Å². The maximum atomic E-state index is 12.0. The molecule has 0 aliphatic heterocycles. The Morgan fingerprint density at radius 1 is 1.41 bits per heavy atom. The second-order valence-electron chi connectivity index (χ2n) is 4.99. The number of benzene rings is 1. The van der Waals surface area contributed by atoms with Crippen molar-refractivity contribution in [3.05, 3.63) is 35.9 Å². The summed E-state index contributed by atoms with van der Waals surface area (Å²) in [6.45, 7) is 5.09. The van der Waals surface area contributed by atoms with Crippen LogP contribution < -0.4 is 5.32 Å². The summed E-state index contributed by atoms with van der Waals surface area (Å²) in [7, 11) is 0. The summed E-state index contributed by atoms with van der Waals surface area (Å²) in [5.41, 5.74) is 1.32. The minimum Gasteiger partial charge on any atom is -0.314 e. The Morgan fingerprint density at radius 2 is 2.12 bits per heavy atom. The van der Waals surface area contributed by atoms with Crippen LogP contribution in [-0.4, -0.2) is 18.4 Å². The first-order valence-corrected chi connectivity index (χ1v) is 6.53. The van der Waals surface area contributed by atoms with E-state index >= 15 is 0 Å². The molecule has 0 heterocycles. The van der Waals surface area contributed by atoms with Crippen LogP contribution in [0, 0.1) is 5.92 Å². The average Bonchev–Trinajstić information content (AvgIpc) is 3.10. The number of hydrogen-bond donors (Lipinski definition) is 1. The SMILES string of the molecule is CCNC(C)CC(=O)C1CC1c1ccccc1. The molecule has 0 radical (unpaired) electrons. The molecule has 92 valence electrons. The third-order valence-electron chi connectivity index (χ3n) is 3.49. The van der Waals surface area contributed by atoms with Gasteiger partial charge in [0.25, 0.3) is 0 Å². The van der Waals surface area contributed by atoms with Crippen molar-refractivity contribution in [2.45, 2.75) is 38.6 Å². The van der Waals surface area contributed by atoms with Crippen molar-refractivity contribution in [2.24, 2.45) is 5.92 Å². The highest BCUT2D eigenvalue weighted by Gasteiger charge is 2.43. The van der Waals surface area contributed by atoms with E-state index in [9.17, 15) is 4.79 Å². The Labute approximate surface area is 103 Å². The molecule has 3 atom stereocenters. The fourth-order valence-corrected chi connectivity index (χ4v) is 2.49. The van der Waals surface area contributed by atoms with Gasteiger partial charge in [-0.1, -0.05) is 37.3 Å². The molecule has 1 aliphatic carbocycles. The third kappa shape index (κ3) is 3.16. The first-order chi connectivity index (χ1) is 8.22. The van der Waals surface area contributed by atoms with Crippen LogP contribution in [0.3, 0.4) is 0 Å². The number of carbonyl (C=O) groups excluding carboxylic acids is 1. The molecule has 1 fully saturated rings. The van der Waals surface area contributed by atoms with Gasteiger partial charge in [-0.25, -0.2) is 0 Å². The normalized spacial score (nSPS) is 24.4. The molecule has 2 heteroatoms. The molecule has 17 heavy (non-hydrogen) atoms. The minimum absolute atomic E-state index is 0.276. The van der Waals surface area contributed by atoms with Crippen LogP contribution in [0.15, 0.2) is 30.3 Å². The average molecular weight is 231 g/mol. The summed E-state index contributed by atoms with van der Waals surface area (Å²) in [5, 5.41) is 3.29. The van der Waals surface area contributed by atoms with E-state index in [2.05, 4.69) is 43.4 Å². The quantitative estimate of drug-likeness (QED) is 0.815. The lowest BCUT2D eigenvalue weighted by molar-refractivity contribution is -0.120. The van der Waals surface area contributed by atoms with Crippen LogP contribution in [0.2, 0.25) is 0 Å². The van der Waals surface area contributed by atoms with E-state index in [1.807, 2.05) is 6.07 Å². The van der Waals surface area contributed by atoms with Gasteiger partial charge in [0.15, 0.2) is 0 Å². The lowest BCUT2D eigenvalue weighted by Crippen LogP contribution is -2.28. The van der Waals surface area contributed by atoms with Gasteiger partial charge in [-0.05, 0) is 31.4 Å². The highest BCUT2D eigenvalue weighted by molar-refractivity contribution is 5.85. The van der Waals surface area contributed by atoms with Crippen LogP contribution in [0.4, 0.5) is 0 Å². The third-order valence-corrected chi connectivity index (χ3v) is 3.49. The van der Waals surface area contributed by atoms with Crippen molar-refractivity contribution in [1.29, 1.82) is 0 Å². The second-order valence-corrected chi connectivity index (χ2v) is 4.99. The van der Waals surface area contributed by atoms with E-state index in [1.54, 1.807) is 0 Å². The minimum atomic E-state index is 0.276. The smallest absolute Gasteiger partial charge is 0.138 e. The molecule has 1 aliphatic rings. The van der Waals surface area contributed by atoms with Crippen molar-refractivity contribution in [3.8, 4) is 0 Å². The maximum Gasteiger partial charge on any atom is 0.138 e. The Morgan fingerprint density at radius 3 is 2.76 bits per heavy atom. The second kappa shape index (κ2) is 5.46. The lowest BCUT2D eigenvalue weighted by Gasteiger charge is -2.10. The predicted octanol–water partition coefficient (Wildman–Crippen LogP) is 2.75. The van der Waals surface area contributed by atoms with Crippen molar-refractivity contribution in [1.82, 2.24) is 5.32 Å². The molecule has 0 spiro atoms. The van der Waals surface area contributed by atoms with Gasteiger partial charge in [-0.2, -0.15) is 0 Å². The standard InChI is InChI=1S/C15H21NO/c1-3-16-11(2)9-15(17)14-10-13(14)12-7-5-4-6-8-12/h4-8,11,13-14,16H,3,9-10H2,1-2H3. The first-order valence-electron chi connectivity index (χ1n) is 6.53. The number of ketones is 1. The number of Topliss-reactive ketones (excluding diaryl/α,β-unsaturated/α-hetero) is 1. The van der Waals surface area contributed by atoms with Crippen LogP contribution in [0.25, 0.3) is 0 Å². The van der Waals surface area contributed by atoms with Crippen molar-refractivity contribution >= 4 is 5.78 Å². The summed E-state index contributed by atoms with van der Waals surface area (Å²) in [6, 6.07) is 10.7. The predicted molar refractivity (Wildman–Crippen MR) is 70.1 cm³/mol. The molecular weight excluding hydrogens is 210 g/mol. The summed E-state index contributed by atoms with van der Waals surface area (Å²) in [4.78, 5) is 12.0. The van der Waals surface area contributed by atoms with Crippen molar-refractivity contribution in [2.75, 3.05) is 6.54 Å². The van der Waals surface area contributed by atoms with E-state index in [-0.39, 0.29) is 5.92 Å². The zero-order valence-corrected chi connectivity index (χ0v) is 10.6. The molecule has 1 N–H and O–H groups in total. The van der Waals surface area contributed by atoms with E-state index in [0.717, 1.165) is 13.0 Å². The summed E-state index contributed by atoms with van der Waals surface area (Å²) in [6.07, 6.45) is 1.71. The van der Waals surface area contributed by atoms with Gasteiger partial charge in [-0.15, -0.1) is 0 Å². The highest BCUT2D eigenvalue weighted by atomic mass is 16.1. The number of nitrogens with one attached hydrogen (secondary N) is 1. The summed E-state index contributed by atoms with van der Waals surface area (Å²) in [5.74, 6) is 1.18. The molecule has 2 nitrogen and oxygen atoms in total. The van der Waals surface area contributed by atoms with Gasteiger partial charge in [-0.3, -0.25) is 4.79 Å². The van der Waals surface area contributed by atoms with E-state index in [4.69, 9.17) is 0 Å². The summed E-state index contributed by atoms with van der Waals surface area (Å²) < 4.78 is 0. The van der Waals surface area contributed by atoms with Gasteiger partial charge in [0.1, 0.15) is 5.78 Å². The zero-order valence-electron chi connectivity index (χ0n) is 10.6. The van der Waals surface area contributed by atoms with Gasteiger partial charge in [0, 0.05) is 18.4 Å². The molecule has 0 aromatic heterocycles. The lowest BCUT2D eigenvalue weighted by atomic mass is 10.0. The Hall–Kier alpha value is -1.15.